The molecule has 0 radical (unpaired) electrons. The number of esters is 1. The molecule has 0 atom stereocenters. The first-order valence-corrected chi connectivity index (χ1v) is 8.72. The van der Waals surface area contributed by atoms with Gasteiger partial charge in [0, 0.05) is 0 Å². The molecule has 0 saturated carbocycles. The zero-order valence-electron chi connectivity index (χ0n) is 13.2. The summed E-state index contributed by atoms with van der Waals surface area (Å²) in [5, 5.41) is 0. The Kier molecular flexibility index (Phi) is 8.02. The molecule has 0 unspecified atom stereocenters. The summed E-state index contributed by atoms with van der Waals surface area (Å²) >= 11 is 0. The van der Waals surface area contributed by atoms with Crippen molar-refractivity contribution in [3.8, 4) is 0 Å². The standard InChI is InChI=1S/C12H20F5O5P/c1-5-19-11(18)9(12(14,15)16)10(13)23(17,20-6-2,21-7-3)22-8-4/h5-8H2,1-4H3/b10-9+. The zero-order chi connectivity index (χ0) is 18.3. The Bertz CT molecular complexity index is 432. The third kappa shape index (κ3) is 5.07. The number of alkyl halides is 3. The van der Waals surface area contributed by atoms with Crippen molar-refractivity contribution in [2.24, 2.45) is 0 Å². The van der Waals surface area contributed by atoms with Gasteiger partial charge >= 0.3 is 130 Å². The summed E-state index contributed by atoms with van der Waals surface area (Å²) in [5.41, 5.74) is -5.05. The van der Waals surface area contributed by atoms with Crippen molar-refractivity contribution in [3.63, 3.8) is 0 Å². The van der Waals surface area contributed by atoms with E-state index in [0.717, 1.165) is 0 Å². The van der Waals surface area contributed by atoms with Crippen LogP contribution in [-0.2, 0) is 23.1 Å². The molecule has 0 rings (SSSR count). The predicted octanol–water partition coefficient (Wildman–Crippen LogP) is 4.59. The number of hydrogen-bond donors (Lipinski definition) is 0. The van der Waals surface area contributed by atoms with Gasteiger partial charge in [0.2, 0.25) is 0 Å². The van der Waals surface area contributed by atoms with Crippen LogP contribution in [-0.4, -0.2) is 38.6 Å². The second kappa shape index (κ2) is 8.32. The molecule has 0 aromatic carbocycles. The number of halogens is 5. The van der Waals surface area contributed by atoms with E-state index < -0.39 is 57.3 Å². The van der Waals surface area contributed by atoms with Gasteiger partial charge in [-0.1, -0.05) is 0 Å². The molecular formula is C12H20F5O5P. The van der Waals surface area contributed by atoms with Crippen LogP contribution in [0.5, 0.6) is 0 Å². The molecule has 11 heteroatoms. The summed E-state index contributed by atoms with van der Waals surface area (Å²) in [5.74, 6) is -2.08. The van der Waals surface area contributed by atoms with Crippen LogP contribution in [0.3, 0.4) is 0 Å². The summed E-state index contributed by atoms with van der Waals surface area (Å²) < 4.78 is 86.8. The Morgan fingerprint density at radius 3 is 1.57 bits per heavy atom. The van der Waals surface area contributed by atoms with E-state index in [0.29, 0.717) is 0 Å². The Balaban J connectivity index is 6.51. The molecule has 0 aliphatic rings. The van der Waals surface area contributed by atoms with Crippen LogP contribution >= 0.6 is 7.59 Å². The average Bonchev–Trinajstić information content (AvgIpc) is 2.38. The number of rotatable bonds is 9. The molecule has 23 heavy (non-hydrogen) atoms. The van der Waals surface area contributed by atoms with Crippen LogP contribution in [0.1, 0.15) is 27.7 Å². The van der Waals surface area contributed by atoms with E-state index >= 15 is 4.20 Å². The Morgan fingerprint density at radius 1 is 0.913 bits per heavy atom. The molecule has 5 nitrogen and oxygen atoms in total. The second-order valence-corrected chi connectivity index (χ2v) is 6.67. The monoisotopic (exact) mass is 370 g/mol. The summed E-state index contributed by atoms with van der Waals surface area (Å²) in [6.45, 7) is 2.75. The SMILES string of the molecule is CCOC(=O)/C(=C(/F)P(F)(OCC)(OCC)OCC)C(F)(F)F. The van der Waals surface area contributed by atoms with Gasteiger partial charge in [0.25, 0.3) is 0 Å². The quantitative estimate of drug-likeness (QED) is 0.257. The molecule has 0 aromatic heterocycles. The first kappa shape index (κ1) is 22.2. The van der Waals surface area contributed by atoms with E-state index in [1.165, 1.54) is 27.7 Å². The van der Waals surface area contributed by atoms with Gasteiger partial charge in [0.05, 0.1) is 0 Å². The molecule has 0 aliphatic heterocycles. The molecule has 0 N–H and O–H groups in total. The van der Waals surface area contributed by atoms with Crippen molar-refractivity contribution in [2.75, 3.05) is 26.4 Å². The van der Waals surface area contributed by atoms with Gasteiger partial charge in [-0.3, -0.25) is 0 Å². The maximum atomic E-state index is 15.3. The van der Waals surface area contributed by atoms with Crippen LogP contribution in [0.2, 0.25) is 0 Å². The molecule has 0 bridgehead atoms. The third-order valence-corrected chi connectivity index (χ3v) is 5.27. The van der Waals surface area contributed by atoms with Crippen molar-refractivity contribution in [1.82, 2.24) is 0 Å². The fraction of sp³-hybridized carbons (Fsp3) is 0.750. The normalized spacial score (nSPS) is 15.6. The van der Waals surface area contributed by atoms with E-state index in [2.05, 4.69) is 18.3 Å². The van der Waals surface area contributed by atoms with Crippen LogP contribution in [0, 0.1) is 0 Å². The van der Waals surface area contributed by atoms with E-state index in [4.69, 9.17) is 0 Å². The molecule has 0 saturated heterocycles. The van der Waals surface area contributed by atoms with E-state index in [1.54, 1.807) is 0 Å². The van der Waals surface area contributed by atoms with Gasteiger partial charge in [-0.05, 0) is 0 Å². The molecular weight excluding hydrogens is 350 g/mol. The molecule has 0 heterocycles. The fourth-order valence-corrected chi connectivity index (χ4v) is 4.09. The predicted molar refractivity (Wildman–Crippen MR) is 73.7 cm³/mol. The van der Waals surface area contributed by atoms with Gasteiger partial charge in [-0.15, -0.1) is 0 Å². The van der Waals surface area contributed by atoms with Crippen molar-refractivity contribution >= 4 is 13.6 Å². The van der Waals surface area contributed by atoms with Gasteiger partial charge in [-0.2, -0.15) is 0 Å². The van der Waals surface area contributed by atoms with E-state index in [-0.39, 0.29) is 0 Å². The van der Waals surface area contributed by atoms with E-state index in [9.17, 15) is 22.4 Å². The minimum atomic E-state index is -6.47. The van der Waals surface area contributed by atoms with Gasteiger partial charge in [-0.25, -0.2) is 0 Å². The summed E-state index contributed by atoms with van der Waals surface area (Å²) in [7, 11) is -6.47. The first-order valence-electron chi connectivity index (χ1n) is 6.84. The Labute approximate surface area is 131 Å². The summed E-state index contributed by atoms with van der Waals surface area (Å²) in [6.07, 6.45) is -5.53. The van der Waals surface area contributed by atoms with Crippen molar-refractivity contribution in [1.29, 1.82) is 0 Å². The molecule has 0 aliphatic carbocycles. The molecule has 138 valence electrons. The van der Waals surface area contributed by atoms with Gasteiger partial charge in [0.15, 0.2) is 0 Å². The molecule has 0 aromatic rings. The number of carbonyl (C=O) groups is 1. The second-order valence-electron chi connectivity index (χ2n) is 3.93. The van der Waals surface area contributed by atoms with Crippen LogP contribution < -0.4 is 0 Å². The maximum absolute atomic E-state index is 15.3. The molecule has 0 spiro atoms. The third-order valence-electron chi connectivity index (χ3n) is 2.33. The van der Waals surface area contributed by atoms with Crippen LogP contribution in [0.4, 0.5) is 21.8 Å². The van der Waals surface area contributed by atoms with Gasteiger partial charge in [0.1, 0.15) is 0 Å². The van der Waals surface area contributed by atoms with Crippen molar-refractivity contribution in [3.05, 3.63) is 11.1 Å². The summed E-state index contributed by atoms with van der Waals surface area (Å²) in [4.78, 5) is 11.5. The number of hydrogen-bond acceptors (Lipinski definition) is 5. The van der Waals surface area contributed by atoms with Crippen molar-refractivity contribution in [2.45, 2.75) is 33.9 Å². The summed E-state index contributed by atoms with van der Waals surface area (Å²) in [6, 6.07) is 0. The fourth-order valence-electron chi connectivity index (χ4n) is 1.64. The minimum absolute atomic E-state index is 0.466. The Morgan fingerprint density at radius 2 is 1.30 bits per heavy atom. The van der Waals surface area contributed by atoms with Crippen LogP contribution in [0.15, 0.2) is 11.1 Å². The number of carbonyl (C=O) groups excluding carboxylic acids is 1. The molecule has 0 amide bonds. The van der Waals surface area contributed by atoms with Crippen LogP contribution in [0.25, 0.3) is 0 Å². The number of ether oxygens (including phenoxy) is 1. The van der Waals surface area contributed by atoms with Gasteiger partial charge < -0.3 is 0 Å². The Hall–Kier alpha value is -0.830. The topological polar surface area (TPSA) is 54.0 Å². The zero-order valence-corrected chi connectivity index (χ0v) is 14.1. The first-order chi connectivity index (χ1) is 10.5. The van der Waals surface area contributed by atoms with Crippen molar-refractivity contribution < 1.29 is 44.9 Å². The van der Waals surface area contributed by atoms with E-state index in [1.807, 2.05) is 0 Å². The average molecular weight is 370 g/mol. The molecule has 0 fully saturated rings.